The van der Waals surface area contributed by atoms with E-state index in [1.807, 2.05) is 25.1 Å². The molecule has 0 atom stereocenters. The number of anilines is 2. The van der Waals surface area contributed by atoms with Crippen LogP contribution in [0.1, 0.15) is 24.8 Å². The summed E-state index contributed by atoms with van der Waals surface area (Å²) in [6.07, 6.45) is 2.35. The maximum absolute atomic E-state index is 12.5. The summed E-state index contributed by atoms with van der Waals surface area (Å²) in [5.74, 6) is 0.0319. The quantitative estimate of drug-likeness (QED) is 0.726. The molecule has 3 rings (SSSR count). The van der Waals surface area contributed by atoms with Gasteiger partial charge in [-0.05, 0) is 38.0 Å². The van der Waals surface area contributed by atoms with Crippen molar-refractivity contribution in [3.63, 3.8) is 0 Å². The van der Waals surface area contributed by atoms with Gasteiger partial charge in [-0.15, -0.1) is 10.2 Å². The number of amides is 1. The molecular weight excluding hydrogens is 372 g/mol. The van der Waals surface area contributed by atoms with E-state index in [1.165, 1.54) is 11.3 Å². The van der Waals surface area contributed by atoms with E-state index in [2.05, 4.69) is 26.5 Å². The fraction of sp³-hybridized carbons (Fsp3) is 0.500. The number of carbonyl (C=O) groups excluding carboxylic acids is 1. The van der Waals surface area contributed by atoms with Gasteiger partial charge in [0.15, 0.2) is 0 Å². The number of rotatable bonds is 7. The lowest BCUT2D eigenvalue weighted by Crippen LogP contribution is -2.38. The van der Waals surface area contributed by atoms with Crippen LogP contribution in [-0.4, -0.2) is 42.4 Å². The summed E-state index contributed by atoms with van der Waals surface area (Å²) in [6.45, 7) is 4.96. The topological polar surface area (TPSA) is 67.4 Å². The fourth-order valence-electron chi connectivity index (χ4n) is 2.99. The van der Waals surface area contributed by atoms with Gasteiger partial charge in [-0.1, -0.05) is 29.0 Å². The maximum Gasteiger partial charge on any atom is 0.229 e. The Hall–Kier alpha value is -1.70. The molecule has 0 aliphatic carbocycles. The van der Waals surface area contributed by atoms with Crippen molar-refractivity contribution in [3.05, 3.63) is 34.3 Å². The van der Waals surface area contributed by atoms with E-state index in [4.69, 9.17) is 16.3 Å². The Labute approximate surface area is 162 Å². The number of carbonyl (C=O) groups is 1. The molecule has 1 aromatic carbocycles. The van der Waals surface area contributed by atoms with Crippen LogP contribution in [0.15, 0.2) is 24.3 Å². The molecule has 1 aliphatic rings. The van der Waals surface area contributed by atoms with Crippen molar-refractivity contribution in [1.82, 2.24) is 10.2 Å². The minimum atomic E-state index is 0.00112. The van der Waals surface area contributed by atoms with Crippen molar-refractivity contribution in [2.24, 2.45) is 5.92 Å². The third-order valence-electron chi connectivity index (χ3n) is 4.40. The van der Waals surface area contributed by atoms with Crippen molar-refractivity contribution in [2.75, 3.05) is 36.5 Å². The SMILES string of the molecule is CCOCCc1nnc(NC(=O)C2CCN(c3cccc(Cl)c3)CC2)s1. The number of nitrogens with zero attached hydrogens (tertiary/aromatic N) is 3. The average molecular weight is 395 g/mol. The Morgan fingerprint density at radius 3 is 2.92 bits per heavy atom. The normalized spacial score (nSPS) is 15.2. The smallest absolute Gasteiger partial charge is 0.229 e. The van der Waals surface area contributed by atoms with Crippen molar-refractivity contribution >= 4 is 39.7 Å². The number of ether oxygens (including phenoxy) is 1. The highest BCUT2D eigenvalue weighted by Crippen LogP contribution is 2.26. The molecule has 1 fully saturated rings. The highest BCUT2D eigenvalue weighted by molar-refractivity contribution is 7.15. The summed E-state index contributed by atoms with van der Waals surface area (Å²) in [5.41, 5.74) is 1.11. The first kappa shape index (κ1) is 19.1. The van der Waals surface area contributed by atoms with Gasteiger partial charge in [-0.3, -0.25) is 4.79 Å². The van der Waals surface area contributed by atoms with Crippen LogP contribution in [0.4, 0.5) is 10.8 Å². The molecule has 1 amide bonds. The Kier molecular flexibility index (Phi) is 6.82. The highest BCUT2D eigenvalue weighted by Gasteiger charge is 2.26. The summed E-state index contributed by atoms with van der Waals surface area (Å²) in [7, 11) is 0. The fourth-order valence-corrected chi connectivity index (χ4v) is 3.90. The van der Waals surface area contributed by atoms with E-state index in [-0.39, 0.29) is 11.8 Å². The Bertz CT molecular complexity index is 731. The zero-order chi connectivity index (χ0) is 18.4. The van der Waals surface area contributed by atoms with Gasteiger partial charge in [0.25, 0.3) is 0 Å². The molecule has 0 unspecified atom stereocenters. The first-order chi connectivity index (χ1) is 12.7. The molecule has 8 heteroatoms. The van der Waals surface area contributed by atoms with Crippen molar-refractivity contribution in [2.45, 2.75) is 26.2 Å². The molecule has 0 saturated carbocycles. The standard InChI is InChI=1S/C18H23ClN4O2S/c1-2-25-11-8-16-21-22-18(26-16)20-17(24)13-6-9-23(10-7-13)15-5-3-4-14(19)12-15/h3-5,12-13H,2,6-11H2,1H3,(H,20,22,24). The van der Waals surface area contributed by atoms with Gasteiger partial charge in [0.05, 0.1) is 6.61 Å². The van der Waals surface area contributed by atoms with Gasteiger partial charge in [-0.2, -0.15) is 0 Å². The number of hydrogen-bond acceptors (Lipinski definition) is 6. The third kappa shape index (κ3) is 5.16. The van der Waals surface area contributed by atoms with Gasteiger partial charge >= 0.3 is 0 Å². The first-order valence-corrected chi connectivity index (χ1v) is 10.1. The van der Waals surface area contributed by atoms with Crippen molar-refractivity contribution in [3.8, 4) is 0 Å². The molecule has 26 heavy (non-hydrogen) atoms. The number of hydrogen-bond donors (Lipinski definition) is 1. The van der Waals surface area contributed by atoms with Gasteiger partial charge in [-0.25, -0.2) is 0 Å². The Morgan fingerprint density at radius 2 is 2.19 bits per heavy atom. The predicted octanol–water partition coefficient (Wildman–Crippen LogP) is 3.63. The van der Waals surface area contributed by atoms with Crippen LogP contribution >= 0.6 is 22.9 Å². The summed E-state index contributed by atoms with van der Waals surface area (Å²) in [5, 5.41) is 13.3. The minimum Gasteiger partial charge on any atom is -0.381 e. The molecule has 0 radical (unpaired) electrons. The van der Waals surface area contributed by atoms with Crippen LogP contribution in [0.3, 0.4) is 0 Å². The summed E-state index contributed by atoms with van der Waals surface area (Å²) >= 11 is 7.48. The summed E-state index contributed by atoms with van der Waals surface area (Å²) in [4.78, 5) is 14.8. The molecule has 1 saturated heterocycles. The van der Waals surface area contributed by atoms with E-state index in [0.717, 1.165) is 48.1 Å². The molecule has 1 N–H and O–H groups in total. The van der Waals surface area contributed by atoms with Crippen LogP contribution in [0, 0.1) is 5.92 Å². The van der Waals surface area contributed by atoms with Crippen LogP contribution < -0.4 is 10.2 Å². The number of halogens is 1. The Morgan fingerprint density at radius 1 is 1.38 bits per heavy atom. The largest absolute Gasteiger partial charge is 0.381 e. The molecule has 2 aromatic rings. The summed E-state index contributed by atoms with van der Waals surface area (Å²) in [6, 6.07) is 7.84. The van der Waals surface area contributed by atoms with E-state index in [1.54, 1.807) is 0 Å². The van der Waals surface area contributed by atoms with E-state index < -0.39 is 0 Å². The maximum atomic E-state index is 12.5. The van der Waals surface area contributed by atoms with E-state index in [0.29, 0.717) is 18.3 Å². The second-order valence-corrected chi connectivity index (χ2v) is 7.68. The monoisotopic (exact) mass is 394 g/mol. The second kappa shape index (κ2) is 9.30. The van der Waals surface area contributed by atoms with Gasteiger partial charge < -0.3 is 15.0 Å². The number of benzene rings is 1. The molecule has 6 nitrogen and oxygen atoms in total. The number of nitrogens with one attached hydrogen (secondary N) is 1. The first-order valence-electron chi connectivity index (χ1n) is 8.87. The Balaban J connectivity index is 1.48. The molecule has 0 spiro atoms. The van der Waals surface area contributed by atoms with Crippen LogP contribution in [-0.2, 0) is 16.0 Å². The lowest BCUT2D eigenvalue weighted by atomic mass is 9.95. The zero-order valence-electron chi connectivity index (χ0n) is 14.8. The van der Waals surface area contributed by atoms with E-state index >= 15 is 0 Å². The average Bonchev–Trinajstić information content (AvgIpc) is 3.09. The molecule has 0 bridgehead atoms. The molecule has 1 aromatic heterocycles. The van der Waals surface area contributed by atoms with E-state index in [9.17, 15) is 4.79 Å². The lowest BCUT2D eigenvalue weighted by molar-refractivity contribution is -0.120. The minimum absolute atomic E-state index is 0.00112. The van der Waals surface area contributed by atoms with Crippen LogP contribution in [0.2, 0.25) is 5.02 Å². The van der Waals surface area contributed by atoms with Gasteiger partial charge in [0.1, 0.15) is 5.01 Å². The second-order valence-electron chi connectivity index (χ2n) is 6.18. The number of aromatic nitrogens is 2. The van der Waals surface area contributed by atoms with Crippen molar-refractivity contribution < 1.29 is 9.53 Å². The van der Waals surface area contributed by atoms with Crippen LogP contribution in [0.5, 0.6) is 0 Å². The van der Waals surface area contributed by atoms with Gasteiger partial charge in [0, 0.05) is 42.7 Å². The molecule has 2 heterocycles. The molecular formula is C18H23ClN4O2S. The van der Waals surface area contributed by atoms with Crippen molar-refractivity contribution in [1.29, 1.82) is 0 Å². The summed E-state index contributed by atoms with van der Waals surface area (Å²) < 4.78 is 5.32. The number of piperidine rings is 1. The molecule has 1 aliphatic heterocycles. The third-order valence-corrected chi connectivity index (χ3v) is 5.53. The molecule has 140 valence electrons. The lowest BCUT2D eigenvalue weighted by Gasteiger charge is -2.32. The predicted molar refractivity (Wildman–Crippen MR) is 105 cm³/mol. The van der Waals surface area contributed by atoms with Crippen LogP contribution in [0.25, 0.3) is 0 Å². The van der Waals surface area contributed by atoms with Gasteiger partial charge in [0.2, 0.25) is 11.0 Å². The zero-order valence-corrected chi connectivity index (χ0v) is 16.4. The highest BCUT2D eigenvalue weighted by atomic mass is 35.5.